The maximum atomic E-state index is 10.8. The zero-order valence-corrected chi connectivity index (χ0v) is 7.73. The van der Waals surface area contributed by atoms with Gasteiger partial charge < -0.3 is 4.74 Å². The van der Waals surface area contributed by atoms with Gasteiger partial charge in [-0.15, -0.1) is 0 Å². The number of hydrogen-bond donors (Lipinski definition) is 0. The Morgan fingerprint density at radius 3 is 2.92 bits per heavy atom. The Hall–Kier alpha value is -1.64. The van der Waals surface area contributed by atoms with Crippen LogP contribution in [0.5, 0.6) is 0 Å². The van der Waals surface area contributed by atoms with Gasteiger partial charge in [0.05, 0.1) is 7.11 Å². The molecule has 13 heavy (non-hydrogen) atoms. The van der Waals surface area contributed by atoms with E-state index in [-0.39, 0.29) is 5.97 Å². The highest BCUT2D eigenvalue weighted by Crippen LogP contribution is 1.94. The molecular formula is C10H12NO2+. The van der Waals surface area contributed by atoms with Crippen LogP contribution in [0, 0.1) is 0 Å². The van der Waals surface area contributed by atoms with Crippen molar-refractivity contribution in [2.24, 2.45) is 7.05 Å². The fraction of sp³-hybridized carbons (Fsp3) is 0.200. The van der Waals surface area contributed by atoms with E-state index in [0.717, 1.165) is 5.69 Å². The summed E-state index contributed by atoms with van der Waals surface area (Å²) in [4.78, 5) is 10.8. The van der Waals surface area contributed by atoms with E-state index in [4.69, 9.17) is 0 Å². The molecule has 0 fully saturated rings. The van der Waals surface area contributed by atoms with E-state index in [1.54, 1.807) is 6.08 Å². The van der Waals surface area contributed by atoms with Gasteiger partial charge in [0.15, 0.2) is 6.20 Å². The summed E-state index contributed by atoms with van der Waals surface area (Å²) >= 11 is 0. The second-order valence-corrected chi connectivity index (χ2v) is 2.59. The number of aryl methyl sites for hydroxylation is 1. The highest BCUT2D eigenvalue weighted by atomic mass is 16.5. The zero-order valence-electron chi connectivity index (χ0n) is 7.73. The van der Waals surface area contributed by atoms with Crippen LogP contribution < -0.4 is 4.57 Å². The van der Waals surface area contributed by atoms with Crippen molar-refractivity contribution in [1.29, 1.82) is 0 Å². The standard InChI is InChI=1S/C10H12NO2/c1-11-8-4-3-5-9(11)6-7-10(12)13-2/h3-8H,1-2H3/q+1/b7-6+. The lowest BCUT2D eigenvalue weighted by atomic mass is 10.3. The number of esters is 1. The lowest BCUT2D eigenvalue weighted by Gasteiger charge is -1.92. The van der Waals surface area contributed by atoms with Gasteiger partial charge in [-0.2, -0.15) is 0 Å². The summed E-state index contributed by atoms with van der Waals surface area (Å²) in [6, 6.07) is 5.76. The van der Waals surface area contributed by atoms with Crippen LogP contribution in [0.4, 0.5) is 0 Å². The summed E-state index contributed by atoms with van der Waals surface area (Å²) in [6.07, 6.45) is 5.03. The number of nitrogens with zero attached hydrogens (tertiary/aromatic N) is 1. The monoisotopic (exact) mass is 178 g/mol. The summed E-state index contributed by atoms with van der Waals surface area (Å²) in [5.41, 5.74) is 0.952. The maximum absolute atomic E-state index is 10.8. The third-order valence-corrected chi connectivity index (χ3v) is 1.69. The highest BCUT2D eigenvalue weighted by Gasteiger charge is 1.99. The number of aromatic nitrogens is 1. The molecule has 0 saturated heterocycles. The average Bonchev–Trinajstić information content (AvgIpc) is 2.16. The summed E-state index contributed by atoms with van der Waals surface area (Å²) < 4.78 is 6.39. The first-order valence-electron chi connectivity index (χ1n) is 3.94. The molecule has 0 radical (unpaired) electrons. The van der Waals surface area contributed by atoms with E-state index < -0.39 is 0 Å². The molecule has 0 spiro atoms. The minimum atomic E-state index is -0.344. The van der Waals surface area contributed by atoms with Crippen molar-refractivity contribution in [3.63, 3.8) is 0 Å². The lowest BCUT2D eigenvalue weighted by Crippen LogP contribution is -2.30. The molecule has 0 aromatic carbocycles. The van der Waals surface area contributed by atoms with Gasteiger partial charge in [0.2, 0.25) is 5.69 Å². The topological polar surface area (TPSA) is 30.2 Å². The van der Waals surface area contributed by atoms with E-state index in [2.05, 4.69) is 4.74 Å². The minimum Gasteiger partial charge on any atom is -0.466 e. The van der Waals surface area contributed by atoms with Crippen LogP contribution in [0.1, 0.15) is 5.69 Å². The Kier molecular flexibility index (Phi) is 3.20. The van der Waals surface area contributed by atoms with Crippen LogP contribution in [0.3, 0.4) is 0 Å². The second kappa shape index (κ2) is 4.40. The van der Waals surface area contributed by atoms with Crippen LogP contribution in [0.2, 0.25) is 0 Å². The molecule has 0 amide bonds. The molecule has 3 nitrogen and oxygen atoms in total. The second-order valence-electron chi connectivity index (χ2n) is 2.59. The Morgan fingerprint density at radius 1 is 1.54 bits per heavy atom. The molecule has 68 valence electrons. The Bertz CT molecular complexity index is 331. The van der Waals surface area contributed by atoms with Crippen molar-refractivity contribution in [2.75, 3.05) is 7.11 Å². The molecule has 1 aromatic heterocycles. The van der Waals surface area contributed by atoms with Crippen LogP contribution >= 0.6 is 0 Å². The number of hydrogen-bond acceptors (Lipinski definition) is 2. The summed E-state index contributed by atoms with van der Waals surface area (Å²) in [7, 11) is 3.27. The van der Waals surface area contributed by atoms with Crippen molar-refractivity contribution in [1.82, 2.24) is 0 Å². The van der Waals surface area contributed by atoms with E-state index in [1.165, 1.54) is 13.2 Å². The third kappa shape index (κ3) is 2.71. The predicted molar refractivity (Wildman–Crippen MR) is 48.7 cm³/mol. The maximum Gasteiger partial charge on any atom is 0.330 e. The number of rotatable bonds is 2. The lowest BCUT2D eigenvalue weighted by molar-refractivity contribution is -0.673. The van der Waals surface area contributed by atoms with Gasteiger partial charge in [0.25, 0.3) is 0 Å². The average molecular weight is 178 g/mol. The van der Waals surface area contributed by atoms with Crippen LogP contribution in [-0.2, 0) is 16.6 Å². The van der Waals surface area contributed by atoms with Crippen LogP contribution in [-0.4, -0.2) is 13.1 Å². The Morgan fingerprint density at radius 2 is 2.31 bits per heavy atom. The SMILES string of the molecule is COC(=O)/C=C/c1cccc[n+]1C. The fourth-order valence-corrected chi connectivity index (χ4v) is 0.931. The smallest absolute Gasteiger partial charge is 0.330 e. The first-order valence-corrected chi connectivity index (χ1v) is 3.94. The summed E-state index contributed by atoms with van der Waals surface area (Å²) in [5, 5.41) is 0. The summed E-state index contributed by atoms with van der Waals surface area (Å²) in [6.45, 7) is 0. The number of carbonyl (C=O) groups is 1. The molecule has 0 unspecified atom stereocenters. The minimum absolute atomic E-state index is 0.344. The molecule has 0 atom stereocenters. The first-order chi connectivity index (χ1) is 6.24. The van der Waals surface area contributed by atoms with Crippen molar-refractivity contribution in [3.8, 4) is 0 Å². The number of pyridine rings is 1. The molecule has 0 bridgehead atoms. The van der Waals surface area contributed by atoms with E-state index in [9.17, 15) is 4.79 Å². The van der Waals surface area contributed by atoms with Crippen LogP contribution in [0.25, 0.3) is 6.08 Å². The molecule has 1 heterocycles. The molecule has 0 aliphatic heterocycles. The first kappa shape index (κ1) is 9.45. The fourth-order valence-electron chi connectivity index (χ4n) is 0.931. The molecule has 0 saturated carbocycles. The van der Waals surface area contributed by atoms with Gasteiger partial charge in [0, 0.05) is 24.3 Å². The van der Waals surface area contributed by atoms with Crippen molar-refractivity contribution < 1.29 is 14.1 Å². The molecule has 0 aliphatic rings. The normalized spacial score (nSPS) is 10.3. The molecule has 3 heteroatoms. The van der Waals surface area contributed by atoms with Crippen molar-refractivity contribution in [3.05, 3.63) is 36.2 Å². The van der Waals surface area contributed by atoms with Gasteiger partial charge in [0.1, 0.15) is 7.05 Å². The predicted octanol–water partition coefficient (Wildman–Crippen LogP) is 0.697. The molecule has 0 aliphatic carbocycles. The highest BCUT2D eigenvalue weighted by molar-refractivity contribution is 5.86. The van der Waals surface area contributed by atoms with Gasteiger partial charge in [-0.1, -0.05) is 0 Å². The van der Waals surface area contributed by atoms with E-state index in [0.29, 0.717) is 0 Å². The third-order valence-electron chi connectivity index (χ3n) is 1.69. The number of methoxy groups -OCH3 is 1. The van der Waals surface area contributed by atoms with E-state index >= 15 is 0 Å². The van der Waals surface area contributed by atoms with Gasteiger partial charge in [-0.25, -0.2) is 9.36 Å². The van der Waals surface area contributed by atoms with Gasteiger partial charge in [-0.05, 0) is 6.07 Å². The molecule has 1 aromatic rings. The van der Waals surface area contributed by atoms with Gasteiger partial charge in [-0.3, -0.25) is 0 Å². The van der Waals surface area contributed by atoms with Crippen molar-refractivity contribution >= 4 is 12.0 Å². The van der Waals surface area contributed by atoms with E-state index in [1.807, 2.05) is 36.0 Å². The Balaban J connectivity index is 2.80. The quantitative estimate of drug-likeness (QED) is 0.379. The molecular weight excluding hydrogens is 166 g/mol. The number of carbonyl (C=O) groups excluding carboxylic acids is 1. The number of ether oxygens (including phenoxy) is 1. The zero-order chi connectivity index (χ0) is 9.68. The largest absolute Gasteiger partial charge is 0.466 e. The summed E-state index contributed by atoms with van der Waals surface area (Å²) in [5.74, 6) is -0.344. The van der Waals surface area contributed by atoms with Crippen LogP contribution in [0.15, 0.2) is 30.5 Å². The van der Waals surface area contributed by atoms with Crippen molar-refractivity contribution in [2.45, 2.75) is 0 Å². The Labute approximate surface area is 77.3 Å². The molecule has 0 N–H and O–H groups in total. The van der Waals surface area contributed by atoms with Gasteiger partial charge >= 0.3 is 5.97 Å². The molecule has 1 rings (SSSR count).